The fourth-order valence-corrected chi connectivity index (χ4v) is 4.94. The molecule has 2 fully saturated rings. The molecule has 0 amide bonds. The van der Waals surface area contributed by atoms with Gasteiger partial charge < -0.3 is 4.57 Å². The molecule has 0 radical (unpaired) electrons. The summed E-state index contributed by atoms with van der Waals surface area (Å²) in [6.45, 7) is 2.30. The normalized spacial score (nSPS) is 29.4. The highest BCUT2D eigenvalue weighted by molar-refractivity contribution is 6.31. The van der Waals surface area contributed by atoms with E-state index in [2.05, 4.69) is 21.5 Å². The zero-order chi connectivity index (χ0) is 14.6. The molecule has 2 aromatic heterocycles. The summed E-state index contributed by atoms with van der Waals surface area (Å²) in [6, 6.07) is 2.29. The summed E-state index contributed by atoms with van der Waals surface area (Å²) in [5.41, 5.74) is 1.78. The zero-order valence-electron chi connectivity index (χ0n) is 12.1. The minimum Gasteiger partial charge on any atom is -0.309 e. The summed E-state index contributed by atoms with van der Waals surface area (Å²) in [6.07, 6.45) is 7.28. The number of rotatable bonds is 3. The molecule has 112 valence electrons. The van der Waals surface area contributed by atoms with Crippen molar-refractivity contribution in [2.24, 2.45) is 17.8 Å². The highest BCUT2D eigenvalue weighted by atomic mass is 35.5. The van der Waals surface area contributed by atoms with E-state index in [4.69, 9.17) is 23.2 Å². The molecule has 21 heavy (non-hydrogen) atoms. The molecule has 4 unspecified atom stereocenters. The van der Waals surface area contributed by atoms with Crippen LogP contribution in [0.2, 0.25) is 5.02 Å². The van der Waals surface area contributed by atoms with Crippen LogP contribution in [0.4, 0.5) is 0 Å². The summed E-state index contributed by atoms with van der Waals surface area (Å²) >= 11 is 12.2. The number of hydrogen-bond acceptors (Lipinski definition) is 2. The van der Waals surface area contributed by atoms with Gasteiger partial charge in [-0.25, -0.2) is 9.97 Å². The number of alkyl halides is 1. The first-order valence-corrected chi connectivity index (χ1v) is 8.67. The van der Waals surface area contributed by atoms with Gasteiger partial charge in [-0.3, -0.25) is 0 Å². The van der Waals surface area contributed by atoms with Crippen LogP contribution < -0.4 is 0 Å². The van der Waals surface area contributed by atoms with Crippen LogP contribution in [0.15, 0.2) is 12.3 Å². The molecule has 5 heteroatoms. The SMILES string of the molecule is CC(C1CC2CCC1C2)n1c(CCl)nc2cc(Cl)cnc21. The highest BCUT2D eigenvalue weighted by Crippen LogP contribution is 2.52. The van der Waals surface area contributed by atoms with Crippen LogP contribution in [0, 0.1) is 17.8 Å². The average Bonchev–Trinajstić information content (AvgIpc) is 3.18. The van der Waals surface area contributed by atoms with Crippen molar-refractivity contribution in [1.29, 1.82) is 0 Å². The molecule has 2 saturated carbocycles. The van der Waals surface area contributed by atoms with Gasteiger partial charge in [0.1, 0.15) is 11.3 Å². The highest BCUT2D eigenvalue weighted by Gasteiger charge is 2.42. The Balaban J connectivity index is 1.77. The van der Waals surface area contributed by atoms with E-state index in [1.54, 1.807) is 6.20 Å². The van der Waals surface area contributed by atoms with Gasteiger partial charge in [0, 0.05) is 12.2 Å². The lowest BCUT2D eigenvalue weighted by Crippen LogP contribution is -2.23. The van der Waals surface area contributed by atoms with Gasteiger partial charge in [0.2, 0.25) is 0 Å². The van der Waals surface area contributed by atoms with Gasteiger partial charge in [-0.2, -0.15) is 0 Å². The largest absolute Gasteiger partial charge is 0.309 e. The topological polar surface area (TPSA) is 30.7 Å². The first kappa shape index (κ1) is 13.8. The monoisotopic (exact) mass is 323 g/mol. The van der Waals surface area contributed by atoms with Crippen molar-refractivity contribution < 1.29 is 0 Å². The molecule has 0 saturated heterocycles. The maximum absolute atomic E-state index is 6.13. The Labute approximate surface area is 134 Å². The van der Waals surface area contributed by atoms with Crippen molar-refractivity contribution in [3.8, 4) is 0 Å². The van der Waals surface area contributed by atoms with E-state index in [1.165, 1.54) is 25.7 Å². The van der Waals surface area contributed by atoms with Crippen LogP contribution in [0.3, 0.4) is 0 Å². The Bertz CT molecular complexity index is 681. The van der Waals surface area contributed by atoms with Gasteiger partial charge in [0.05, 0.1) is 10.9 Å². The summed E-state index contributed by atoms with van der Waals surface area (Å²) in [7, 11) is 0. The van der Waals surface area contributed by atoms with Gasteiger partial charge >= 0.3 is 0 Å². The zero-order valence-corrected chi connectivity index (χ0v) is 13.6. The molecule has 0 spiro atoms. The number of pyridine rings is 1. The first-order valence-electron chi connectivity index (χ1n) is 7.75. The summed E-state index contributed by atoms with van der Waals surface area (Å²) in [5, 5.41) is 0.626. The van der Waals surface area contributed by atoms with Crippen LogP contribution >= 0.6 is 23.2 Å². The number of hydrogen-bond donors (Lipinski definition) is 0. The van der Waals surface area contributed by atoms with Crippen LogP contribution in [0.5, 0.6) is 0 Å². The average molecular weight is 324 g/mol. The Kier molecular flexibility index (Phi) is 3.38. The number of aromatic nitrogens is 3. The Hall–Kier alpha value is -0.800. The van der Waals surface area contributed by atoms with Crippen molar-refractivity contribution in [3.63, 3.8) is 0 Å². The lowest BCUT2D eigenvalue weighted by Gasteiger charge is -2.29. The minimum absolute atomic E-state index is 0.410. The van der Waals surface area contributed by atoms with Gasteiger partial charge in [-0.05, 0) is 50.0 Å². The minimum atomic E-state index is 0.410. The van der Waals surface area contributed by atoms with Crippen LogP contribution in [0.25, 0.3) is 11.2 Å². The molecule has 2 heterocycles. The second-order valence-corrected chi connectivity index (χ2v) is 7.31. The molecule has 2 bridgehead atoms. The maximum atomic E-state index is 6.13. The standard InChI is InChI=1S/C16H19Cl2N3/c1-9(13-5-10-2-3-11(13)4-10)21-15(7-17)20-14-6-12(18)8-19-16(14)21/h6,8-11,13H,2-5,7H2,1H3. The molecule has 0 N–H and O–H groups in total. The van der Waals surface area contributed by atoms with Gasteiger partial charge in [-0.15, -0.1) is 11.6 Å². The van der Waals surface area contributed by atoms with E-state index < -0.39 is 0 Å². The van der Waals surface area contributed by atoms with Crippen LogP contribution in [-0.2, 0) is 5.88 Å². The van der Waals surface area contributed by atoms with E-state index in [0.29, 0.717) is 16.9 Å². The predicted octanol–water partition coefficient (Wildman–Crippen LogP) is 4.82. The molecule has 0 aromatic carbocycles. The molecule has 3 nitrogen and oxygen atoms in total. The molecule has 4 atom stereocenters. The number of nitrogens with zero attached hydrogens (tertiary/aromatic N) is 3. The van der Waals surface area contributed by atoms with Crippen LogP contribution in [0.1, 0.15) is 44.5 Å². The Morgan fingerprint density at radius 3 is 2.90 bits per heavy atom. The molecule has 2 aliphatic carbocycles. The third-order valence-electron chi connectivity index (χ3n) is 5.51. The van der Waals surface area contributed by atoms with Crippen molar-refractivity contribution in [2.75, 3.05) is 0 Å². The third kappa shape index (κ3) is 2.17. The Morgan fingerprint density at radius 1 is 1.38 bits per heavy atom. The molecule has 2 aliphatic rings. The number of imidazole rings is 1. The molecule has 0 aliphatic heterocycles. The van der Waals surface area contributed by atoms with Gasteiger partial charge in [0.25, 0.3) is 0 Å². The van der Waals surface area contributed by atoms with E-state index in [-0.39, 0.29) is 0 Å². The quantitative estimate of drug-likeness (QED) is 0.758. The van der Waals surface area contributed by atoms with Crippen molar-refractivity contribution in [2.45, 2.75) is 44.5 Å². The summed E-state index contributed by atoms with van der Waals surface area (Å²) in [4.78, 5) is 9.14. The van der Waals surface area contributed by atoms with E-state index in [0.717, 1.165) is 34.7 Å². The molecular formula is C16H19Cl2N3. The Morgan fingerprint density at radius 2 is 2.24 bits per heavy atom. The van der Waals surface area contributed by atoms with E-state index in [1.807, 2.05) is 6.07 Å². The summed E-state index contributed by atoms with van der Waals surface area (Å²) < 4.78 is 2.25. The predicted molar refractivity (Wildman–Crippen MR) is 85.7 cm³/mol. The fraction of sp³-hybridized carbons (Fsp3) is 0.625. The molecule has 2 aromatic rings. The second-order valence-electron chi connectivity index (χ2n) is 6.61. The molecule has 4 rings (SSSR count). The smallest absolute Gasteiger partial charge is 0.160 e. The van der Waals surface area contributed by atoms with E-state index >= 15 is 0 Å². The maximum Gasteiger partial charge on any atom is 0.160 e. The van der Waals surface area contributed by atoms with Crippen molar-refractivity contribution in [1.82, 2.24) is 14.5 Å². The lowest BCUT2D eigenvalue weighted by molar-refractivity contribution is 0.243. The van der Waals surface area contributed by atoms with Gasteiger partial charge in [-0.1, -0.05) is 18.0 Å². The van der Waals surface area contributed by atoms with Gasteiger partial charge in [0.15, 0.2) is 5.65 Å². The van der Waals surface area contributed by atoms with Crippen LogP contribution in [-0.4, -0.2) is 14.5 Å². The van der Waals surface area contributed by atoms with Crippen molar-refractivity contribution in [3.05, 3.63) is 23.1 Å². The third-order valence-corrected chi connectivity index (χ3v) is 5.95. The first-order chi connectivity index (χ1) is 10.2. The van der Waals surface area contributed by atoms with E-state index in [9.17, 15) is 0 Å². The molecular weight excluding hydrogens is 305 g/mol. The summed E-state index contributed by atoms with van der Waals surface area (Å²) in [5.74, 6) is 3.88. The number of fused-ring (bicyclic) bond motifs is 3. The second kappa shape index (κ2) is 5.13. The van der Waals surface area contributed by atoms with Crippen molar-refractivity contribution >= 4 is 34.4 Å². The number of halogens is 2. The fourth-order valence-electron chi connectivity index (χ4n) is 4.60. The lowest BCUT2D eigenvalue weighted by atomic mass is 9.84.